The average Bonchev–Trinajstić information content (AvgIpc) is 2.43. The summed E-state index contributed by atoms with van der Waals surface area (Å²) in [4.78, 5) is 11.9. The molecule has 0 bridgehead atoms. The van der Waals surface area contributed by atoms with Crippen LogP contribution in [0, 0.1) is 12.7 Å². The number of carbonyl (C=O) groups is 1. The summed E-state index contributed by atoms with van der Waals surface area (Å²) in [5, 5.41) is 3.09. The first-order chi connectivity index (χ1) is 9.56. The van der Waals surface area contributed by atoms with E-state index in [1.54, 1.807) is 6.07 Å². The molecule has 0 saturated heterocycles. The quantitative estimate of drug-likeness (QED) is 0.823. The van der Waals surface area contributed by atoms with E-state index in [0.29, 0.717) is 24.2 Å². The largest absolute Gasteiger partial charge is 0.385 e. The van der Waals surface area contributed by atoms with Crippen LogP contribution in [0.4, 0.5) is 10.1 Å². The Morgan fingerprint density at radius 1 is 1.20 bits per heavy atom. The summed E-state index contributed by atoms with van der Waals surface area (Å²) in [6.07, 6.45) is 0.354. The Kier molecular flexibility index (Phi) is 4.74. The van der Waals surface area contributed by atoms with Gasteiger partial charge in [0, 0.05) is 24.2 Å². The summed E-state index contributed by atoms with van der Waals surface area (Å²) in [6.45, 7) is 2.43. The van der Waals surface area contributed by atoms with Crippen molar-refractivity contribution in [2.75, 3.05) is 11.9 Å². The molecule has 0 aromatic heterocycles. The maximum absolute atomic E-state index is 13.2. The van der Waals surface area contributed by atoms with Crippen molar-refractivity contribution in [1.82, 2.24) is 0 Å². The molecule has 0 heterocycles. The third-order valence-corrected chi connectivity index (χ3v) is 3.28. The molecule has 1 N–H and O–H groups in total. The Morgan fingerprint density at radius 2 is 1.90 bits per heavy atom. The third kappa shape index (κ3) is 3.81. The highest BCUT2D eigenvalue weighted by Crippen LogP contribution is 2.18. The minimum absolute atomic E-state index is 0.0620. The van der Waals surface area contributed by atoms with Gasteiger partial charge in [0.1, 0.15) is 5.82 Å². The van der Waals surface area contributed by atoms with Crippen molar-refractivity contribution in [3.05, 3.63) is 64.4 Å². The molecule has 0 aliphatic heterocycles. The number of nitrogens with one attached hydrogen (secondary N) is 1. The van der Waals surface area contributed by atoms with Crippen LogP contribution in [0.25, 0.3) is 0 Å². The predicted octanol–water partition coefficient (Wildman–Crippen LogP) is 4.47. The summed E-state index contributed by atoms with van der Waals surface area (Å²) in [5.41, 5.74) is 2.43. The molecule has 2 aromatic carbocycles. The maximum atomic E-state index is 13.2. The van der Waals surface area contributed by atoms with E-state index in [4.69, 9.17) is 11.6 Å². The molecule has 104 valence electrons. The fourth-order valence-electron chi connectivity index (χ4n) is 1.81. The predicted molar refractivity (Wildman–Crippen MR) is 80.0 cm³/mol. The molecule has 0 aliphatic carbocycles. The van der Waals surface area contributed by atoms with Gasteiger partial charge in [0.15, 0.2) is 5.78 Å². The van der Waals surface area contributed by atoms with Crippen LogP contribution in [-0.2, 0) is 0 Å². The summed E-state index contributed by atoms with van der Waals surface area (Å²) in [5.74, 6) is -0.409. The second-order valence-electron chi connectivity index (χ2n) is 4.59. The molecule has 2 aromatic rings. The van der Waals surface area contributed by atoms with E-state index < -0.39 is 5.82 Å². The standard InChI is InChI=1S/C16H15ClFNO/c1-11-2-4-12(5-3-11)16(20)8-9-19-13-6-7-14(17)15(18)10-13/h2-7,10,19H,8-9H2,1H3. The van der Waals surface area contributed by atoms with Gasteiger partial charge in [-0.25, -0.2) is 4.39 Å². The Bertz CT molecular complexity index is 610. The minimum atomic E-state index is -0.471. The SMILES string of the molecule is Cc1ccc(C(=O)CCNc2ccc(Cl)c(F)c2)cc1. The second kappa shape index (κ2) is 6.53. The summed E-state index contributed by atoms with van der Waals surface area (Å²) >= 11 is 5.60. The molecule has 2 rings (SSSR count). The van der Waals surface area contributed by atoms with E-state index in [1.165, 1.54) is 12.1 Å². The van der Waals surface area contributed by atoms with Gasteiger partial charge in [-0.1, -0.05) is 41.4 Å². The van der Waals surface area contributed by atoms with Crippen LogP contribution in [0.1, 0.15) is 22.3 Å². The fourth-order valence-corrected chi connectivity index (χ4v) is 1.93. The van der Waals surface area contributed by atoms with Gasteiger partial charge < -0.3 is 5.32 Å². The molecule has 0 spiro atoms. The molecule has 0 fully saturated rings. The highest BCUT2D eigenvalue weighted by molar-refractivity contribution is 6.30. The van der Waals surface area contributed by atoms with Crippen LogP contribution in [-0.4, -0.2) is 12.3 Å². The number of hydrogen-bond donors (Lipinski definition) is 1. The second-order valence-corrected chi connectivity index (χ2v) is 5.00. The maximum Gasteiger partial charge on any atom is 0.164 e. The lowest BCUT2D eigenvalue weighted by atomic mass is 10.1. The summed E-state index contributed by atoms with van der Waals surface area (Å²) in [7, 11) is 0. The molecule has 0 aliphatic rings. The number of Topliss-reactive ketones (excluding diaryl/α,β-unsaturated/α-hetero) is 1. The van der Waals surface area contributed by atoms with Gasteiger partial charge >= 0.3 is 0 Å². The topological polar surface area (TPSA) is 29.1 Å². The Balaban J connectivity index is 1.87. The highest BCUT2D eigenvalue weighted by Gasteiger charge is 2.05. The van der Waals surface area contributed by atoms with Crippen molar-refractivity contribution >= 4 is 23.1 Å². The van der Waals surface area contributed by atoms with Crippen molar-refractivity contribution < 1.29 is 9.18 Å². The number of carbonyl (C=O) groups excluding carboxylic acids is 1. The molecular formula is C16H15ClFNO. The molecule has 20 heavy (non-hydrogen) atoms. The van der Waals surface area contributed by atoms with Crippen molar-refractivity contribution in [2.24, 2.45) is 0 Å². The molecule has 0 amide bonds. The van der Waals surface area contributed by atoms with Crippen LogP contribution in [0.3, 0.4) is 0 Å². The van der Waals surface area contributed by atoms with Gasteiger partial charge in [-0.15, -0.1) is 0 Å². The normalized spacial score (nSPS) is 10.3. The smallest absolute Gasteiger partial charge is 0.164 e. The Hall–Kier alpha value is -1.87. The minimum Gasteiger partial charge on any atom is -0.385 e. The zero-order chi connectivity index (χ0) is 14.5. The number of halogens is 2. The van der Waals surface area contributed by atoms with Crippen molar-refractivity contribution in [1.29, 1.82) is 0 Å². The molecular weight excluding hydrogens is 277 g/mol. The molecule has 2 nitrogen and oxygen atoms in total. The summed E-state index contributed by atoms with van der Waals surface area (Å²) in [6, 6.07) is 11.9. The Labute approximate surface area is 122 Å². The lowest BCUT2D eigenvalue weighted by Crippen LogP contribution is -2.09. The van der Waals surface area contributed by atoms with Gasteiger partial charge in [0.25, 0.3) is 0 Å². The molecule has 4 heteroatoms. The van der Waals surface area contributed by atoms with E-state index >= 15 is 0 Å². The van der Waals surface area contributed by atoms with Gasteiger partial charge in [0.2, 0.25) is 0 Å². The molecule has 0 unspecified atom stereocenters. The van der Waals surface area contributed by atoms with E-state index in [0.717, 1.165) is 5.56 Å². The van der Waals surface area contributed by atoms with Crippen LogP contribution >= 0.6 is 11.6 Å². The number of ketones is 1. The third-order valence-electron chi connectivity index (χ3n) is 2.97. The Morgan fingerprint density at radius 3 is 2.55 bits per heavy atom. The van der Waals surface area contributed by atoms with Crippen molar-refractivity contribution in [3.63, 3.8) is 0 Å². The van der Waals surface area contributed by atoms with E-state index in [-0.39, 0.29) is 10.8 Å². The number of anilines is 1. The first-order valence-electron chi connectivity index (χ1n) is 6.35. The van der Waals surface area contributed by atoms with Gasteiger partial charge in [-0.2, -0.15) is 0 Å². The van der Waals surface area contributed by atoms with Gasteiger partial charge in [-0.05, 0) is 25.1 Å². The average molecular weight is 292 g/mol. The zero-order valence-electron chi connectivity index (χ0n) is 11.1. The first kappa shape index (κ1) is 14.5. The van der Waals surface area contributed by atoms with Crippen LogP contribution < -0.4 is 5.32 Å². The lowest BCUT2D eigenvalue weighted by Gasteiger charge is -2.07. The zero-order valence-corrected chi connectivity index (χ0v) is 11.9. The van der Waals surface area contributed by atoms with E-state index in [2.05, 4.69) is 5.32 Å². The number of benzene rings is 2. The fraction of sp³-hybridized carbons (Fsp3) is 0.188. The lowest BCUT2D eigenvalue weighted by molar-refractivity contribution is 0.0986. The van der Waals surface area contributed by atoms with Gasteiger partial charge in [-0.3, -0.25) is 4.79 Å². The molecule has 0 atom stereocenters. The molecule has 0 radical (unpaired) electrons. The van der Waals surface area contributed by atoms with Crippen LogP contribution in [0.5, 0.6) is 0 Å². The van der Waals surface area contributed by atoms with Crippen LogP contribution in [0.2, 0.25) is 5.02 Å². The number of aryl methyl sites for hydroxylation is 1. The van der Waals surface area contributed by atoms with Crippen molar-refractivity contribution in [2.45, 2.75) is 13.3 Å². The van der Waals surface area contributed by atoms with E-state index in [9.17, 15) is 9.18 Å². The van der Waals surface area contributed by atoms with Crippen molar-refractivity contribution in [3.8, 4) is 0 Å². The molecule has 0 saturated carbocycles. The van der Waals surface area contributed by atoms with Crippen LogP contribution in [0.15, 0.2) is 42.5 Å². The number of rotatable bonds is 5. The first-order valence-corrected chi connectivity index (χ1v) is 6.73. The highest BCUT2D eigenvalue weighted by atomic mass is 35.5. The van der Waals surface area contributed by atoms with E-state index in [1.807, 2.05) is 31.2 Å². The summed E-state index contributed by atoms with van der Waals surface area (Å²) < 4.78 is 13.2. The van der Waals surface area contributed by atoms with Gasteiger partial charge in [0.05, 0.1) is 5.02 Å². The number of hydrogen-bond acceptors (Lipinski definition) is 2. The monoisotopic (exact) mass is 291 g/mol.